The van der Waals surface area contributed by atoms with Crippen molar-refractivity contribution in [2.45, 2.75) is 48.5 Å². The number of ether oxygens (including phenoxy) is 4. The summed E-state index contributed by atoms with van der Waals surface area (Å²) in [6.07, 6.45) is 2.04. The molecule has 0 amide bonds. The Bertz CT molecular complexity index is 1320. The lowest BCUT2D eigenvalue weighted by Gasteiger charge is -2.49. The third-order valence-corrected chi connectivity index (χ3v) is 8.21. The highest BCUT2D eigenvalue weighted by atomic mass is 32.2. The van der Waals surface area contributed by atoms with Gasteiger partial charge in [0.2, 0.25) is 0 Å². The van der Waals surface area contributed by atoms with Crippen LogP contribution in [0.5, 0.6) is 0 Å². The van der Waals surface area contributed by atoms with Crippen LogP contribution in [0.1, 0.15) is 50.3 Å². The molecule has 2 fully saturated rings. The minimum atomic E-state index is -1.53. The summed E-state index contributed by atoms with van der Waals surface area (Å²) in [6.45, 7) is 0.462. The molecule has 2 saturated heterocycles. The molecule has 0 bridgehead atoms. The number of thioether (sulfide) groups is 1. The second kappa shape index (κ2) is 13.3. The Morgan fingerprint density at radius 1 is 0.854 bits per heavy atom. The SMILES string of the molecule is CSC1CC(COC(=O)c2ccccc2)(OC(=O)c2ccccc2)C(OC(=O)c2ccccc2)[C@@H]([C@H]2CCCN2)O1. The molecule has 2 aliphatic heterocycles. The van der Waals surface area contributed by atoms with Gasteiger partial charge in [-0.05, 0) is 62.0 Å². The summed E-state index contributed by atoms with van der Waals surface area (Å²) in [5, 5.41) is 3.45. The first-order chi connectivity index (χ1) is 20.0. The van der Waals surface area contributed by atoms with E-state index in [1.54, 1.807) is 84.9 Å². The quantitative estimate of drug-likeness (QED) is 0.282. The van der Waals surface area contributed by atoms with Gasteiger partial charge in [-0.2, -0.15) is 0 Å². The molecule has 214 valence electrons. The molecule has 0 saturated carbocycles. The largest absolute Gasteiger partial charge is 0.458 e. The number of carbonyl (C=O) groups is 3. The third-order valence-electron chi connectivity index (χ3n) is 7.40. The monoisotopic (exact) mass is 575 g/mol. The Morgan fingerprint density at radius 2 is 1.41 bits per heavy atom. The van der Waals surface area contributed by atoms with Gasteiger partial charge in [0.15, 0.2) is 11.7 Å². The Hall–Kier alpha value is -3.66. The molecule has 3 aromatic carbocycles. The van der Waals surface area contributed by atoms with E-state index in [4.69, 9.17) is 18.9 Å². The van der Waals surface area contributed by atoms with Crippen molar-refractivity contribution in [3.63, 3.8) is 0 Å². The molecule has 2 heterocycles. The van der Waals surface area contributed by atoms with Gasteiger partial charge in [0, 0.05) is 12.5 Å². The fourth-order valence-corrected chi connectivity index (χ4v) is 5.98. The van der Waals surface area contributed by atoms with Gasteiger partial charge in [0.25, 0.3) is 0 Å². The molecule has 2 aliphatic rings. The first-order valence-corrected chi connectivity index (χ1v) is 15.0. The maximum absolute atomic E-state index is 13.6. The van der Waals surface area contributed by atoms with Crippen molar-refractivity contribution in [2.24, 2.45) is 0 Å². The van der Waals surface area contributed by atoms with Gasteiger partial charge in [-0.1, -0.05) is 54.6 Å². The molecule has 0 aromatic heterocycles. The van der Waals surface area contributed by atoms with Gasteiger partial charge >= 0.3 is 17.9 Å². The van der Waals surface area contributed by atoms with E-state index in [2.05, 4.69) is 5.32 Å². The normalized spacial score (nSPS) is 25.7. The standard InChI is InChI=1S/C32H33NO7S/c1-41-26-20-32(40-31(36)24-16-9-4-10-17-24,21-37-29(34)22-12-5-2-6-13-22)28(27(38-26)25-18-11-19-33-25)39-30(35)23-14-7-3-8-15-23/h2-10,12-17,25-28,33H,11,18-21H2,1H3/t25-,26?,27-,28?,32?/m1/s1. The van der Waals surface area contributed by atoms with E-state index >= 15 is 0 Å². The molecule has 5 rings (SSSR count). The van der Waals surface area contributed by atoms with Crippen LogP contribution in [-0.2, 0) is 18.9 Å². The average Bonchev–Trinajstić information content (AvgIpc) is 3.57. The third kappa shape index (κ3) is 6.81. The van der Waals surface area contributed by atoms with Crippen LogP contribution in [0, 0.1) is 0 Å². The summed E-state index contributed by atoms with van der Waals surface area (Å²) >= 11 is 1.46. The van der Waals surface area contributed by atoms with Gasteiger partial charge in [0.05, 0.1) is 16.7 Å². The molecule has 0 radical (unpaired) electrons. The fourth-order valence-electron chi connectivity index (χ4n) is 5.29. The summed E-state index contributed by atoms with van der Waals surface area (Å²) in [5.74, 6) is -1.77. The Labute approximate surface area is 243 Å². The molecule has 41 heavy (non-hydrogen) atoms. The highest BCUT2D eigenvalue weighted by Crippen LogP contribution is 2.41. The summed E-state index contributed by atoms with van der Waals surface area (Å²) in [4.78, 5) is 40.2. The van der Waals surface area contributed by atoms with E-state index in [1.165, 1.54) is 11.8 Å². The number of nitrogens with one attached hydrogen (secondary N) is 1. The molecule has 3 unspecified atom stereocenters. The fraction of sp³-hybridized carbons (Fsp3) is 0.344. The highest BCUT2D eigenvalue weighted by Gasteiger charge is 2.58. The molecule has 5 atom stereocenters. The first kappa shape index (κ1) is 28.9. The van der Waals surface area contributed by atoms with Crippen molar-refractivity contribution >= 4 is 29.7 Å². The topological polar surface area (TPSA) is 100 Å². The van der Waals surface area contributed by atoms with Crippen LogP contribution in [0.25, 0.3) is 0 Å². The summed E-state index contributed by atoms with van der Waals surface area (Å²) in [5.41, 5.74) is -0.896. The highest BCUT2D eigenvalue weighted by molar-refractivity contribution is 7.99. The summed E-state index contributed by atoms with van der Waals surface area (Å²) in [6, 6.07) is 25.7. The smallest absolute Gasteiger partial charge is 0.338 e. The van der Waals surface area contributed by atoms with Gasteiger partial charge in [0.1, 0.15) is 18.1 Å². The molecule has 0 spiro atoms. The molecular weight excluding hydrogens is 542 g/mol. The van der Waals surface area contributed by atoms with E-state index in [0.717, 1.165) is 19.4 Å². The van der Waals surface area contributed by atoms with E-state index < -0.39 is 41.2 Å². The molecule has 3 aromatic rings. The first-order valence-electron chi connectivity index (χ1n) is 13.7. The van der Waals surface area contributed by atoms with E-state index in [-0.39, 0.29) is 19.1 Å². The number of hydrogen-bond acceptors (Lipinski definition) is 9. The van der Waals surface area contributed by atoms with Crippen molar-refractivity contribution in [1.29, 1.82) is 0 Å². The summed E-state index contributed by atoms with van der Waals surface area (Å²) in [7, 11) is 0. The molecular formula is C32H33NO7S. The summed E-state index contributed by atoms with van der Waals surface area (Å²) < 4.78 is 24.8. The molecule has 8 nitrogen and oxygen atoms in total. The maximum Gasteiger partial charge on any atom is 0.338 e. The predicted octanol–water partition coefficient (Wildman–Crippen LogP) is 4.89. The van der Waals surface area contributed by atoms with Crippen molar-refractivity contribution in [3.05, 3.63) is 108 Å². The Morgan fingerprint density at radius 3 is 1.95 bits per heavy atom. The average molecular weight is 576 g/mol. The predicted molar refractivity (Wildman–Crippen MR) is 155 cm³/mol. The number of benzene rings is 3. The maximum atomic E-state index is 13.6. The number of hydrogen-bond donors (Lipinski definition) is 1. The van der Waals surface area contributed by atoms with E-state index in [1.807, 2.05) is 12.3 Å². The van der Waals surface area contributed by atoms with Crippen LogP contribution in [0.3, 0.4) is 0 Å². The van der Waals surface area contributed by atoms with Crippen molar-refractivity contribution in [2.75, 3.05) is 19.4 Å². The number of rotatable bonds is 9. The van der Waals surface area contributed by atoms with Crippen molar-refractivity contribution in [3.8, 4) is 0 Å². The minimum Gasteiger partial charge on any atom is -0.458 e. The van der Waals surface area contributed by atoms with Crippen LogP contribution in [-0.4, -0.2) is 66.6 Å². The van der Waals surface area contributed by atoms with E-state index in [0.29, 0.717) is 16.7 Å². The van der Waals surface area contributed by atoms with Crippen molar-refractivity contribution < 1.29 is 33.3 Å². The zero-order chi connectivity index (χ0) is 28.7. The van der Waals surface area contributed by atoms with E-state index in [9.17, 15) is 14.4 Å². The Kier molecular flexibility index (Phi) is 9.38. The molecule has 0 aliphatic carbocycles. The van der Waals surface area contributed by atoms with Crippen LogP contribution >= 0.6 is 11.8 Å². The number of carbonyl (C=O) groups excluding carboxylic acids is 3. The van der Waals surface area contributed by atoms with Gasteiger partial charge in [-0.15, -0.1) is 11.8 Å². The van der Waals surface area contributed by atoms with Crippen LogP contribution in [0.4, 0.5) is 0 Å². The van der Waals surface area contributed by atoms with Gasteiger partial charge in [-0.3, -0.25) is 0 Å². The lowest BCUT2D eigenvalue weighted by Crippen LogP contribution is -2.66. The zero-order valence-corrected chi connectivity index (χ0v) is 23.6. The van der Waals surface area contributed by atoms with Crippen LogP contribution < -0.4 is 5.32 Å². The van der Waals surface area contributed by atoms with Crippen LogP contribution in [0.2, 0.25) is 0 Å². The van der Waals surface area contributed by atoms with Crippen molar-refractivity contribution in [1.82, 2.24) is 5.32 Å². The lowest BCUT2D eigenvalue weighted by molar-refractivity contribution is -0.216. The van der Waals surface area contributed by atoms with Gasteiger partial charge < -0.3 is 24.3 Å². The number of esters is 3. The lowest BCUT2D eigenvalue weighted by atomic mass is 9.83. The van der Waals surface area contributed by atoms with Crippen LogP contribution in [0.15, 0.2) is 91.0 Å². The second-order valence-electron chi connectivity index (χ2n) is 10.1. The minimum absolute atomic E-state index is 0.144. The molecule has 9 heteroatoms. The molecule has 1 N–H and O–H groups in total. The Balaban J connectivity index is 1.55. The van der Waals surface area contributed by atoms with Gasteiger partial charge in [-0.25, -0.2) is 14.4 Å². The second-order valence-corrected chi connectivity index (χ2v) is 11.1. The zero-order valence-electron chi connectivity index (χ0n) is 22.8.